The van der Waals surface area contributed by atoms with E-state index >= 15 is 0 Å². The highest BCUT2D eigenvalue weighted by Crippen LogP contribution is 2.32. The third-order valence-corrected chi connectivity index (χ3v) is 6.09. The van der Waals surface area contributed by atoms with Crippen LogP contribution in [0.3, 0.4) is 0 Å². The van der Waals surface area contributed by atoms with Crippen molar-refractivity contribution in [2.75, 3.05) is 19.8 Å². The summed E-state index contributed by atoms with van der Waals surface area (Å²) in [7, 11) is 0. The molecule has 16 nitrogen and oxygen atoms in total. The minimum atomic E-state index is -1.90. The SMILES string of the molecule is OC[C@H]1O[C@H](O[C@@H]2[C@@H](O)[C@H](O[C@H]3[C@H](O)[C@@H](O)C(O)O[C@@H]3CO)O[C@H](CO)[C@H]2O)[C@@H](O)[C@@H](O)[C@@H]1O. The highest BCUT2D eigenvalue weighted by Gasteiger charge is 2.53. The molecule has 0 aromatic rings. The van der Waals surface area contributed by atoms with Crippen molar-refractivity contribution in [2.45, 2.75) is 92.1 Å². The molecule has 200 valence electrons. The van der Waals surface area contributed by atoms with Gasteiger partial charge in [-0.25, -0.2) is 0 Å². The lowest BCUT2D eigenvalue weighted by Crippen LogP contribution is -2.66. The average Bonchev–Trinajstić information content (AvgIpc) is 2.83. The van der Waals surface area contributed by atoms with Gasteiger partial charge in [0.05, 0.1) is 19.8 Å². The van der Waals surface area contributed by atoms with Crippen molar-refractivity contribution >= 4 is 0 Å². The smallest absolute Gasteiger partial charge is 0.187 e. The van der Waals surface area contributed by atoms with Gasteiger partial charge in [0.15, 0.2) is 18.9 Å². The van der Waals surface area contributed by atoms with Crippen LogP contribution in [0.15, 0.2) is 0 Å². The Morgan fingerprint density at radius 2 is 0.941 bits per heavy atom. The van der Waals surface area contributed by atoms with Gasteiger partial charge in [0.1, 0.15) is 73.2 Å². The van der Waals surface area contributed by atoms with E-state index in [1.54, 1.807) is 0 Å². The van der Waals surface area contributed by atoms with Gasteiger partial charge in [-0.2, -0.15) is 0 Å². The van der Waals surface area contributed by atoms with E-state index in [4.69, 9.17) is 23.7 Å². The molecule has 3 saturated heterocycles. The predicted molar refractivity (Wildman–Crippen MR) is 101 cm³/mol. The van der Waals surface area contributed by atoms with Gasteiger partial charge in [-0.3, -0.25) is 0 Å². The first-order valence-electron chi connectivity index (χ1n) is 10.6. The van der Waals surface area contributed by atoms with Crippen LogP contribution in [0.25, 0.3) is 0 Å². The Morgan fingerprint density at radius 1 is 0.441 bits per heavy atom. The normalized spacial score (nSPS) is 52.5. The molecule has 3 heterocycles. The Morgan fingerprint density at radius 3 is 1.50 bits per heavy atom. The van der Waals surface area contributed by atoms with Crippen molar-refractivity contribution in [1.82, 2.24) is 0 Å². The van der Waals surface area contributed by atoms with Gasteiger partial charge in [0.25, 0.3) is 0 Å². The van der Waals surface area contributed by atoms with Crippen molar-refractivity contribution in [3.63, 3.8) is 0 Å². The maximum absolute atomic E-state index is 10.8. The largest absolute Gasteiger partial charge is 0.394 e. The molecule has 1 unspecified atom stereocenters. The fourth-order valence-corrected chi connectivity index (χ4v) is 4.05. The van der Waals surface area contributed by atoms with Gasteiger partial charge < -0.3 is 79.9 Å². The molecule has 3 fully saturated rings. The summed E-state index contributed by atoms with van der Waals surface area (Å²) in [6.45, 7) is -2.34. The van der Waals surface area contributed by atoms with Crippen molar-refractivity contribution in [2.24, 2.45) is 0 Å². The maximum Gasteiger partial charge on any atom is 0.187 e. The fraction of sp³-hybridized carbons (Fsp3) is 1.00. The number of hydrogen-bond donors (Lipinski definition) is 11. The van der Waals surface area contributed by atoms with Crippen LogP contribution in [0.2, 0.25) is 0 Å². The van der Waals surface area contributed by atoms with Crippen molar-refractivity contribution < 1.29 is 79.9 Å². The van der Waals surface area contributed by atoms with E-state index in [9.17, 15) is 56.2 Å². The highest BCUT2D eigenvalue weighted by molar-refractivity contribution is 4.96. The first-order valence-corrected chi connectivity index (χ1v) is 10.6. The van der Waals surface area contributed by atoms with Crippen LogP contribution in [0.1, 0.15) is 0 Å². The molecule has 0 spiro atoms. The Balaban J connectivity index is 1.78. The summed E-state index contributed by atoms with van der Waals surface area (Å²) in [5.41, 5.74) is 0. The molecule has 0 saturated carbocycles. The minimum absolute atomic E-state index is 0.759. The molecule has 0 aromatic heterocycles. The minimum Gasteiger partial charge on any atom is -0.394 e. The summed E-state index contributed by atoms with van der Waals surface area (Å²) in [6, 6.07) is 0. The lowest BCUT2D eigenvalue weighted by Gasteiger charge is -2.47. The molecule has 0 amide bonds. The molecule has 3 aliphatic heterocycles. The summed E-state index contributed by atoms with van der Waals surface area (Å²) < 4.78 is 26.4. The van der Waals surface area contributed by atoms with E-state index < -0.39 is 112 Å². The van der Waals surface area contributed by atoms with Crippen molar-refractivity contribution in [3.05, 3.63) is 0 Å². The third kappa shape index (κ3) is 5.37. The molecule has 0 radical (unpaired) electrons. The Bertz CT molecular complexity index is 637. The third-order valence-electron chi connectivity index (χ3n) is 6.09. The summed E-state index contributed by atoms with van der Waals surface area (Å²) >= 11 is 0. The van der Waals surface area contributed by atoms with Gasteiger partial charge in [0, 0.05) is 0 Å². The molecule has 0 aromatic carbocycles. The molecular formula is C18H32O16. The first-order chi connectivity index (χ1) is 16.0. The van der Waals surface area contributed by atoms with Crippen LogP contribution in [0.4, 0.5) is 0 Å². The second-order valence-corrected chi connectivity index (χ2v) is 8.33. The standard InChI is InChI=1S/C18H32O16/c19-1-4-7(22)9(24)12(27)17(31-4)34-15-8(23)5(2-20)32-18(13(15)28)33-14-6(3-21)30-16(29)11(26)10(14)25/h4-29H,1-3H2/t4-,5-,6-,7-,8-,9+,10-,11-,12+,13-,14-,15+,16?,17-,18+/m1/s1. The zero-order chi connectivity index (χ0) is 25.3. The van der Waals surface area contributed by atoms with Crippen LogP contribution in [-0.4, -0.2) is 168 Å². The molecule has 0 bridgehead atoms. The number of rotatable bonds is 7. The molecule has 3 aliphatic rings. The summed E-state index contributed by atoms with van der Waals surface area (Å²) in [4.78, 5) is 0. The number of aliphatic hydroxyl groups is 11. The van der Waals surface area contributed by atoms with Crippen LogP contribution in [0.5, 0.6) is 0 Å². The van der Waals surface area contributed by atoms with Crippen molar-refractivity contribution in [3.8, 4) is 0 Å². The second kappa shape index (κ2) is 11.6. The molecule has 0 aliphatic carbocycles. The molecular weight excluding hydrogens is 472 g/mol. The summed E-state index contributed by atoms with van der Waals surface area (Å²) in [6.07, 6.45) is -25.4. The Labute approximate surface area is 192 Å². The Hall–Kier alpha value is -0.640. The lowest BCUT2D eigenvalue weighted by atomic mass is 9.96. The van der Waals surface area contributed by atoms with Crippen molar-refractivity contribution in [1.29, 1.82) is 0 Å². The highest BCUT2D eigenvalue weighted by atomic mass is 16.7. The van der Waals surface area contributed by atoms with E-state index in [0.29, 0.717) is 0 Å². The zero-order valence-corrected chi connectivity index (χ0v) is 17.7. The van der Waals surface area contributed by atoms with Crippen LogP contribution < -0.4 is 0 Å². The topological polar surface area (TPSA) is 269 Å². The molecule has 34 heavy (non-hydrogen) atoms. The van der Waals surface area contributed by atoms with Gasteiger partial charge in [-0.1, -0.05) is 0 Å². The Kier molecular flexibility index (Phi) is 9.54. The van der Waals surface area contributed by atoms with E-state index in [2.05, 4.69) is 0 Å². The molecule has 16 heteroatoms. The van der Waals surface area contributed by atoms with E-state index in [1.807, 2.05) is 0 Å². The van der Waals surface area contributed by atoms with Gasteiger partial charge in [-0.15, -0.1) is 0 Å². The van der Waals surface area contributed by atoms with E-state index in [-0.39, 0.29) is 0 Å². The van der Waals surface area contributed by atoms with Crippen LogP contribution >= 0.6 is 0 Å². The summed E-state index contributed by atoms with van der Waals surface area (Å²) in [5, 5.41) is 109. The predicted octanol–water partition coefficient (Wildman–Crippen LogP) is -7.57. The van der Waals surface area contributed by atoms with Gasteiger partial charge >= 0.3 is 0 Å². The average molecular weight is 504 g/mol. The van der Waals surface area contributed by atoms with Gasteiger partial charge in [0.2, 0.25) is 0 Å². The maximum atomic E-state index is 10.8. The first kappa shape index (κ1) is 27.9. The number of hydrogen-bond acceptors (Lipinski definition) is 16. The van der Waals surface area contributed by atoms with Gasteiger partial charge in [-0.05, 0) is 0 Å². The monoisotopic (exact) mass is 504 g/mol. The molecule has 15 atom stereocenters. The molecule has 11 N–H and O–H groups in total. The zero-order valence-electron chi connectivity index (χ0n) is 17.7. The second-order valence-electron chi connectivity index (χ2n) is 8.33. The van der Waals surface area contributed by atoms with E-state index in [0.717, 1.165) is 0 Å². The van der Waals surface area contributed by atoms with Crippen LogP contribution in [0, 0.1) is 0 Å². The number of aliphatic hydroxyl groups excluding tert-OH is 11. The quantitative estimate of drug-likeness (QED) is 0.154. The lowest BCUT2D eigenvalue weighted by molar-refractivity contribution is -0.378. The number of ether oxygens (including phenoxy) is 5. The van der Waals surface area contributed by atoms with Crippen LogP contribution in [-0.2, 0) is 23.7 Å². The summed E-state index contributed by atoms with van der Waals surface area (Å²) in [5.74, 6) is 0. The fourth-order valence-electron chi connectivity index (χ4n) is 4.05. The molecule has 3 rings (SSSR count). The van der Waals surface area contributed by atoms with E-state index in [1.165, 1.54) is 0 Å².